The lowest BCUT2D eigenvalue weighted by molar-refractivity contribution is -0.119. The number of sulfone groups is 1. The second-order valence-corrected chi connectivity index (χ2v) is 34.0. The number of carbonyl (C=O) groups excluding carboxylic acids is 3. The number of carbonyl (C=O) groups is 3. The van der Waals surface area contributed by atoms with Crippen LogP contribution >= 0.6 is 23.2 Å². The lowest BCUT2D eigenvalue weighted by Gasteiger charge is -2.26. The van der Waals surface area contributed by atoms with Gasteiger partial charge < -0.3 is 47.3 Å². The van der Waals surface area contributed by atoms with Crippen molar-refractivity contribution in [2.45, 2.75) is 166 Å². The van der Waals surface area contributed by atoms with Crippen molar-refractivity contribution in [2.24, 2.45) is 17.2 Å². The van der Waals surface area contributed by atoms with Gasteiger partial charge in [0.1, 0.15) is 29.6 Å². The summed E-state index contributed by atoms with van der Waals surface area (Å²) < 4.78 is 45.8. The molecule has 3 aliphatic carbocycles. The number of para-hydroxylation sites is 1. The highest BCUT2D eigenvalue weighted by Gasteiger charge is 2.35. The molecule has 4 aliphatic rings. The SMILES string of the molecule is C#CCN(C)[C@H](C)Cc1ccccc1.C#CCN[C@@H]1CCc2ccccc21.CCCCc1ccccc1.CCCNC(=O)c1ccc(Cl)cn1.CS(=O)(=O)Cc1noc2ccccc12.C[C@H](NCc1ccc(OCc2cccc(F)c2)cc1)C(N)=O.N[C@@H]1C[C@H]1c1ccccc1.N[C@H]1C[C@@H]1c1ccccc1.O=C(NCCN1CCCCC1)c1ccc(Cl)cc1. The van der Waals surface area contributed by atoms with Gasteiger partial charge in [-0.15, -0.1) is 12.8 Å². The van der Waals surface area contributed by atoms with Gasteiger partial charge in [0.2, 0.25) is 5.91 Å². The van der Waals surface area contributed by atoms with Crippen LogP contribution in [0.2, 0.25) is 10.0 Å². The highest BCUT2D eigenvalue weighted by molar-refractivity contribution is 7.89. The first-order valence-corrected chi connectivity index (χ1v) is 45.5. The van der Waals surface area contributed by atoms with Gasteiger partial charge in [0, 0.05) is 90.6 Å². The van der Waals surface area contributed by atoms with Crippen molar-refractivity contribution < 1.29 is 36.5 Å². The Labute approximate surface area is 745 Å². The number of aromatic nitrogens is 2. The van der Waals surface area contributed by atoms with Gasteiger partial charge in [-0.2, -0.15) is 0 Å². The van der Waals surface area contributed by atoms with E-state index in [9.17, 15) is 27.2 Å². The number of hydrogen-bond acceptors (Lipinski definition) is 15. The van der Waals surface area contributed by atoms with Gasteiger partial charge in [-0.25, -0.2) is 17.8 Å². The molecular weight excluding hydrogens is 1610 g/mol. The van der Waals surface area contributed by atoms with Crippen LogP contribution in [0, 0.1) is 30.5 Å². The lowest BCUT2D eigenvalue weighted by Crippen LogP contribution is -2.38. The molecular formula is C102H124Cl2FN11O7S. The summed E-state index contributed by atoms with van der Waals surface area (Å²) in [6, 6.07) is 83.4. The number of fused-ring (bicyclic) bond motifs is 2. The number of halogens is 3. The molecule has 1 saturated heterocycles. The van der Waals surface area contributed by atoms with Gasteiger partial charge in [0.25, 0.3) is 11.8 Å². The average Bonchev–Trinajstić information content (AvgIpc) is 1.69. The number of piperidine rings is 1. The molecule has 0 radical (unpaired) electrons. The third-order valence-corrected chi connectivity index (χ3v) is 22.0. The number of nitrogens with two attached hydrogens (primary N) is 3. The van der Waals surface area contributed by atoms with Crippen molar-refractivity contribution in [1.82, 2.24) is 41.2 Å². The van der Waals surface area contributed by atoms with Crippen molar-refractivity contribution in [3.05, 3.63) is 338 Å². The summed E-state index contributed by atoms with van der Waals surface area (Å²) in [5.74, 6) is 6.38. The Hall–Kier alpha value is -10.9. The van der Waals surface area contributed by atoms with Crippen LogP contribution in [0.3, 0.4) is 0 Å². The van der Waals surface area contributed by atoms with E-state index in [4.69, 9.17) is 62.5 Å². The summed E-state index contributed by atoms with van der Waals surface area (Å²) >= 11 is 11.4. The molecule has 22 heteroatoms. The van der Waals surface area contributed by atoms with E-state index in [0.29, 0.717) is 114 Å². The number of likely N-dealkylation sites (tertiary alicyclic amines) is 1. The summed E-state index contributed by atoms with van der Waals surface area (Å²) in [7, 11) is -0.998. The van der Waals surface area contributed by atoms with Crippen LogP contribution in [0.5, 0.6) is 5.75 Å². The molecule has 7 atom stereocenters. The maximum absolute atomic E-state index is 13.1. The molecule has 11 aromatic rings. The van der Waals surface area contributed by atoms with Gasteiger partial charge in [0.05, 0.1) is 29.9 Å². The Balaban J connectivity index is 0.000000194. The Kier molecular flexibility index (Phi) is 45.4. The van der Waals surface area contributed by atoms with E-state index in [1.54, 1.807) is 61.5 Å². The van der Waals surface area contributed by atoms with Crippen molar-refractivity contribution in [2.75, 3.05) is 59.1 Å². The zero-order valence-electron chi connectivity index (χ0n) is 72.5. The van der Waals surface area contributed by atoms with Gasteiger partial charge in [-0.1, -0.05) is 249 Å². The summed E-state index contributed by atoms with van der Waals surface area (Å²) in [6.45, 7) is 15.0. The zero-order chi connectivity index (χ0) is 89.3. The predicted molar refractivity (Wildman–Crippen MR) is 505 cm³/mol. The van der Waals surface area contributed by atoms with E-state index < -0.39 is 9.84 Å². The number of pyridine rings is 1. The molecule has 0 unspecified atom stereocenters. The van der Waals surface area contributed by atoms with Crippen LogP contribution in [0.15, 0.2) is 266 Å². The molecule has 18 nitrogen and oxygen atoms in total. The molecule has 124 heavy (non-hydrogen) atoms. The average molecular weight is 1740 g/mol. The van der Waals surface area contributed by atoms with E-state index in [0.717, 1.165) is 49.0 Å². The number of amides is 3. The molecule has 3 amide bonds. The number of likely N-dealkylation sites (N-methyl/N-ethyl adjacent to an activating group) is 1. The maximum atomic E-state index is 13.1. The molecule has 10 N–H and O–H groups in total. The second-order valence-electron chi connectivity index (χ2n) is 31.0. The number of aryl methyl sites for hydroxylation is 2. The number of nitrogens with one attached hydrogen (secondary N) is 4. The number of unbranched alkanes of at least 4 members (excludes halogenated alkanes) is 1. The van der Waals surface area contributed by atoms with Crippen LogP contribution in [-0.4, -0.2) is 129 Å². The number of rotatable bonds is 27. The molecule has 15 rings (SSSR count). The molecule has 0 spiro atoms. The Bertz CT molecular complexity index is 5030. The molecule has 656 valence electrons. The number of primary amides is 1. The van der Waals surface area contributed by atoms with Gasteiger partial charge in [-0.3, -0.25) is 24.6 Å². The van der Waals surface area contributed by atoms with Gasteiger partial charge in [0.15, 0.2) is 15.4 Å². The van der Waals surface area contributed by atoms with E-state index in [2.05, 4.69) is 201 Å². The fourth-order valence-corrected chi connectivity index (χ4v) is 14.1. The first-order chi connectivity index (χ1) is 59.9. The topological polar surface area (TPSA) is 266 Å². The predicted octanol–water partition coefficient (Wildman–Crippen LogP) is 18.3. The van der Waals surface area contributed by atoms with Gasteiger partial charge >= 0.3 is 0 Å². The Morgan fingerprint density at radius 1 is 0.661 bits per heavy atom. The molecule has 2 aromatic heterocycles. The van der Waals surface area contributed by atoms with Crippen LogP contribution in [-0.2, 0) is 52.8 Å². The van der Waals surface area contributed by atoms with Gasteiger partial charge in [-0.05, 0) is 215 Å². The molecule has 2 saturated carbocycles. The highest BCUT2D eigenvalue weighted by Crippen LogP contribution is 2.39. The largest absolute Gasteiger partial charge is 0.489 e. The number of terminal acetylenes is 2. The summed E-state index contributed by atoms with van der Waals surface area (Å²) in [5, 5.41) is 17.7. The number of nitrogens with zero attached hydrogens (tertiary/aromatic N) is 4. The van der Waals surface area contributed by atoms with Crippen LogP contribution < -0.4 is 43.2 Å². The van der Waals surface area contributed by atoms with E-state index in [1.807, 2.05) is 67.6 Å². The minimum absolute atomic E-state index is 0.0244. The van der Waals surface area contributed by atoms with Crippen LogP contribution in [0.1, 0.15) is 174 Å². The third kappa shape index (κ3) is 39.3. The standard InChI is InChI=1S/C17H19FN2O2.C14H19ClN2O.C13H17N.C12H13N.C10H14.C9H11ClN2O.C9H9NO3S.2C9H11N/c1-12(17(19)21)20-10-13-5-7-16(8-6-13)22-11-14-3-2-4-15(18)9-14;15-13-6-4-12(5-7-13)14(18)16-8-11-17-9-2-1-3-10-17;1-4-10-14(3)12(2)11-13-8-6-5-7-9-13;1-2-9-13-12-8-7-10-5-3-4-6-11(10)12;1-2-3-7-10-8-5-4-6-9-10;1-2-5-11-9(13)8-4-3-7(10)6-12-8;1-14(11,12)6-8-7-4-2-3-5-9(7)13-10-8;2*10-9-6-8(9)7-4-2-1-3-5-7/h2-9,12,20H,10-11H2,1H3,(H2,19,21);4-7H,1-3,8-11H2,(H,16,18);1,5-9,12H,10-11H2,2-3H3;1,3-6,12-13H,7-9H2;4-6,8-9H,2-3,7H2,1H3;3-4,6H,2,5H2,1H3,(H,11,13);2-5H,6H2,1H3;2*1-5,8-9H,6,10H2/t12-;;2*12-;;;;2*8-,9+/m0.11...10/s1. The minimum atomic E-state index is -3.06. The van der Waals surface area contributed by atoms with E-state index in [-0.39, 0.29) is 35.3 Å². The summed E-state index contributed by atoms with van der Waals surface area (Å²) in [5.41, 5.74) is 29.1. The Morgan fingerprint density at radius 3 is 1.80 bits per heavy atom. The first kappa shape index (κ1) is 100. The number of benzene rings is 9. The molecule has 1 aliphatic heterocycles. The van der Waals surface area contributed by atoms with E-state index >= 15 is 0 Å². The Morgan fingerprint density at radius 2 is 1.23 bits per heavy atom. The van der Waals surface area contributed by atoms with Crippen LogP contribution in [0.4, 0.5) is 4.39 Å². The fourth-order valence-electron chi connectivity index (χ4n) is 13.2. The van der Waals surface area contributed by atoms with Crippen molar-refractivity contribution in [3.63, 3.8) is 0 Å². The molecule has 9 aromatic carbocycles. The summed E-state index contributed by atoms with van der Waals surface area (Å²) in [6.07, 6.45) is 27.5. The number of ether oxygens (including phenoxy) is 1. The third-order valence-electron chi connectivity index (χ3n) is 20.7. The summed E-state index contributed by atoms with van der Waals surface area (Å²) in [4.78, 5) is 42.5. The van der Waals surface area contributed by atoms with Crippen molar-refractivity contribution in [3.8, 4) is 30.4 Å². The zero-order valence-corrected chi connectivity index (χ0v) is 74.8. The quantitative estimate of drug-likeness (QED) is 0.0236. The van der Waals surface area contributed by atoms with Crippen molar-refractivity contribution in [1.29, 1.82) is 0 Å². The normalized spacial score (nSPS) is 16.0. The molecule has 0 bridgehead atoms. The lowest BCUT2D eigenvalue weighted by atomic mass is 10.1. The highest BCUT2D eigenvalue weighted by atomic mass is 35.5. The van der Waals surface area contributed by atoms with Crippen molar-refractivity contribution >= 4 is 61.7 Å². The molecule has 3 fully saturated rings. The maximum Gasteiger partial charge on any atom is 0.269 e. The molecule has 3 heterocycles. The fraction of sp³-hybridized carbons (Fsp3) is 0.343. The minimum Gasteiger partial charge on any atom is -0.489 e. The van der Waals surface area contributed by atoms with Crippen LogP contribution in [0.25, 0.3) is 11.0 Å². The van der Waals surface area contributed by atoms with E-state index in [1.165, 1.54) is 122 Å². The second kappa shape index (κ2) is 56.1. The first-order valence-electron chi connectivity index (χ1n) is 42.7. The monoisotopic (exact) mass is 1740 g/mol. The number of hydrogen-bond donors (Lipinski definition) is 7. The smallest absolute Gasteiger partial charge is 0.269 e.